The van der Waals surface area contributed by atoms with Crippen LogP contribution in [0.15, 0.2) is 18.2 Å². The zero-order valence-corrected chi connectivity index (χ0v) is 12.2. The minimum atomic E-state index is 0.204. The number of nitrogens with zero attached hydrogens (tertiary/aromatic N) is 1. The van der Waals surface area contributed by atoms with Crippen molar-refractivity contribution in [1.29, 1.82) is 0 Å². The highest BCUT2D eigenvalue weighted by Crippen LogP contribution is 2.24. The van der Waals surface area contributed by atoms with Crippen LogP contribution in [0.3, 0.4) is 0 Å². The second-order valence-electron chi connectivity index (χ2n) is 5.02. The quantitative estimate of drug-likeness (QED) is 0.898. The summed E-state index contributed by atoms with van der Waals surface area (Å²) in [7, 11) is 0. The van der Waals surface area contributed by atoms with E-state index in [1.54, 1.807) is 0 Å². The molecule has 0 aliphatic carbocycles. The number of benzene rings is 1. The van der Waals surface area contributed by atoms with Crippen molar-refractivity contribution in [3.05, 3.63) is 35.0 Å². The molecule has 3 heteroatoms. The molecule has 2 aromatic rings. The lowest BCUT2D eigenvalue weighted by molar-refractivity contribution is -0.130. The number of hydrogen-bond acceptors (Lipinski definition) is 1. The summed E-state index contributed by atoms with van der Waals surface area (Å²) in [5.41, 5.74) is 4.57. The fraction of sp³-hybridized carbons (Fsp3) is 0.438. The molecule has 1 aromatic carbocycles. The zero-order valence-electron chi connectivity index (χ0n) is 12.2. The molecule has 0 radical (unpaired) electrons. The van der Waals surface area contributed by atoms with Crippen molar-refractivity contribution in [3.63, 3.8) is 0 Å². The van der Waals surface area contributed by atoms with Gasteiger partial charge in [0.25, 0.3) is 0 Å². The molecule has 2 rings (SSSR count). The van der Waals surface area contributed by atoms with Gasteiger partial charge in [-0.05, 0) is 45.4 Å². The normalized spacial score (nSPS) is 10.9. The van der Waals surface area contributed by atoms with E-state index >= 15 is 0 Å². The minimum Gasteiger partial charge on any atom is -0.358 e. The van der Waals surface area contributed by atoms with Gasteiger partial charge in [0, 0.05) is 29.7 Å². The van der Waals surface area contributed by atoms with Crippen molar-refractivity contribution in [2.45, 2.75) is 34.1 Å². The Hall–Kier alpha value is -1.77. The lowest BCUT2D eigenvalue weighted by Crippen LogP contribution is -2.31. The topological polar surface area (TPSA) is 36.1 Å². The molecule has 1 N–H and O–H groups in total. The maximum atomic E-state index is 12.3. The van der Waals surface area contributed by atoms with Crippen LogP contribution in [0.25, 0.3) is 10.9 Å². The third-order valence-electron chi connectivity index (χ3n) is 3.72. The van der Waals surface area contributed by atoms with E-state index < -0.39 is 0 Å². The minimum absolute atomic E-state index is 0.204. The SMILES string of the molecule is CCN(CC)C(=O)Cc1c(C)[nH]c2ccc(C)cc12. The summed E-state index contributed by atoms with van der Waals surface area (Å²) in [6.45, 7) is 9.71. The first-order valence-electron chi connectivity index (χ1n) is 6.92. The van der Waals surface area contributed by atoms with E-state index in [4.69, 9.17) is 0 Å². The number of rotatable bonds is 4. The van der Waals surface area contributed by atoms with Crippen molar-refractivity contribution in [3.8, 4) is 0 Å². The number of nitrogens with one attached hydrogen (secondary N) is 1. The number of carbonyl (C=O) groups excluding carboxylic acids is 1. The molecule has 0 aliphatic rings. The molecule has 1 heterocycles. The summed E-state index contributed by atoms with van der Waals surface area (Å²) in [5, 5.41) is 1.18. The second kappa shape index (κ2) is 5.47. The first kappa shape index (κ1) is 13.7. The van der Waals surface area contributed by atoms with E-state index in [1.807, 2.05) is 25.7 Å². The lowest BCUT2D eigenvalue weighted by Gasteiger charge is -2.18. The first-order chi connectivity index (χ1) is 9.06. The van der Waals surface area contributed by atoms with E-state index in [1.165, 1.54) is 10.9 Å². The maximum Gasteiger partial charge on any atom is 0.227 e. The fourth-order valence-electron chi connectivity index (χ4n) is 2.56. The standard InChI is InChI=1S/C16H22N2O/c1-5-18(6-2)16(19)10-13-12(4)17-15-8-7-11(3)9-14(13)15/h7-9,17H,5-6,10H2,1-4H3. The number of aromatic amines is 1. The van der Waals surface area contributed by atoms with Crippen LogP contribution in [-0.2, 0) is 11.2 Å². The molecule has 0 bridgehead atoms. The predicted molar refractivity (Wildman–Crippen MR) is 79.4 cm³/mol. The predicted octanol–water partition coefficient (Wildman–Crippen LogP) is 3.20. The van der Waals surface area contributed by atoms with Crippen LogP contribution in [0.2, 0.25) is 0 Å². The van der Waals surface area contributed by atoms with Gasteiger partial charge in [-0.3, -0.25) is 4.79 Å². The van der Waals surface area contributed by atoms with Gasteiger partial charge in [-0.15, -0.1) is 0 Å². The molecule has 102 valence electrons. The van der Waals surface area contributed by atoms with Crippen molar-refractivity contribution in [1.82, 2.24) is 9.88 Å². The monoisotopic (exact) mass is 258 g/mol. The number of fused-ring (bicyclic) bond motifs is 1. The van der Waals surface area contributed by atoms with Crippen molar-refractivity contribution >= 4 is 16.8 Å². The number of aromatic nitrogens is 1. The molecule has 0 aliphatic heterocycles. The van der Waals surface area contributed by atoms with Crippen LogP contribution in [0.5, 0.6) is 0 Å². The summed E-state index contributed by atoms with van der Waals surface area (Å²) in [4.78, 5) is 17.5. The molecule has 1 amide bonds. The highest BCUT2D eigenvalue weighted by Gasteiger charge is 2.15. The highest BCUT2D eigenvalue weighted by atomic mass is 16.2. The Morgan fingerprint density at radius 3 is 2.53 bits per heavy atom. The van der Waals surface area contributed by atoms with Crippen molar-refractivity contribution < 1.29 is 4.79 Å². The first-order valence-corrected chi connectivity index (χ1v) is 6.92. The van der Waals surface area contributed by atoms with Crippen LogP contribution < -0.4 is 0 Å². The van der Waals surface area contributed by atoms with Gasteiger partial charge in [-0.1, -0.05) is 11.6 Å². The van der Waals surface area contributed by atoms with Gasteiger partial charge in [0.15, 0.2) is 0 Å². The average Bonchev–Trinajstić information content (AvgIpc) is 2.67. The summed E-state index contributed by atoms with van der Waals surface area (Å²) < 4.78 is 0. The van der Waals surface area contributed by atoms with Gasteiger partial charge in [0.1, 0.15) is 0 Å². The molecule has 1 aromatic heterocycles. The van der Waals surface area contributed by atoms with Crippen LogP contribution in [0.4, 0.5) is 0 Å². The molecular formula is C16H22N2O. The smallest absolute Gasteiger partial charge is 0.227 e. The molecule has 0 atom stereocenters. The zero-order chi connectivity index (χ0) is 14.0. The van der Waals surface area contributed by atoms with Gasteiger partial charge in [0.2, 0.25) is 5.91 Å². The molecule has 0 spiro atoms. The summed E-state index contributed by atoms with van der Waals surface area (Å²) >= 11 is 0. The van der Waals surface area contributed by atoms with E-state index in [0.717, 1.165) is 29.9 Å². The molecule has 19 heavy (non-hydrogen) atoms. The van der Waals surface area contributed by atoms with Crippen molar-refractivity contribution in [2.75, 3.05) is 13.1 Å². The van der Waals surface area contributed by atoms with Gasteiger partial charge in [0.05, 0.1) is 6.42 Å². The summed E-state index contributed by atoms with van der Waals surface area (Å²) in [6, 6.07) is 6.33. The van der Waals surface area contributed by atoms with Gasteiger partial charge in [-0.2, -0.15) is 0 Å². The largest absolute Gasteiger partial charge is 0.358 e. The Balaban J connectivity index is 2.37. The number of aryl methyl sites for hydroxylation is 2. The van der Waals surface area contributed by atoms with Gasteiger partial charge < -0.3 is 9.88 Å². The third-order valence-corrected chi connectivity index (χ3v) is 3.72. The Kier molecular flexibility index (Phi) is 3.93. The Labute approximate surface area is 114 Å². The fourth-order valence-corrected chi connectivity index (χ4v) is 2.56. The molecule has 0 unspecified atom stereocenters. The van der Waals surface area contributed by atoms with Crippen molar-refractivity contribution in [2.24, 2.45) is 0 Å². The van der Waals surface area contributed by atoms with Crippen LogP contribution >= 0.6 is 0 Å². The number of H-pyrrole nitrogens is 1. The molecule has 0 saturated heterocycles. The lowest BCUT2D eigenvalue weighted by atomic mass is 10.1. The second-order valence-corrected chi connectivity index (χ2v) is 5.02. The van der Waals surface area contributed by atoms with Crippen LogP contribution in [0.1, 0.15) is 30.7 Å². The average molecular weight is 258 g/mol. The highest BCUT2D eigenvalue weighted by molar-refractivity contribution is 5.90. The molecular weight excluding hydrogens is 236 g/mol. The Bertz CT molecular complexity index is 594. The summed E-state index contributed by atoms with van der Waals surface area (Å²) in [5.74, 6) is 0.204. The summed E-state index contributed by atoms with van der Waals surface area (Å²) in [6.07, 6.45) is 0.483. The van der Waals surface area contributed by atoms with E-state index in [0.29, 0.717) is 6.42 Å². The molecule has 0 fully saturated rings. The Morgan fingerprint density at radius 1 is 1.21 bits per heavy atom. The Morgan fingerprint density at radius 2 is 1.89 bits per heavy atom. The van der Waals surface area contributed by atoms with Gasteiger partial charge in [-0.25, -0.2) is 0 Å². The van der Waals surface area contributed by atoms with E-state index in [-0.39, 0.29) is 5.91 Å². The number of likely N-dealkylation sites (N-methyl/N-ethyl adjacent to an activating group) is 1. The number of carbonyl (C=O) groups is 1. The molecule has 0 saturated carbocycles. The maximum absolute atomic E-state index is 12.3. The number of hydrogen-bond donors (Lipinski definition) is 1. The molecule has 3 nitrogen and oxygen atoms in total. The van der Waals surface area contributed by atoms with E-state index in [2.05, 4.69) is 30.1 Å². The van der Waals surface area contributed by atoms with Gasteiger partial charge >= 0.3 is 0 Å². The van der Waals surface area contributed by atoms with Crippen LogP contribution in [-0.4, -0.2) is 28.9 Å². The van der Waals surface area contributed by atoms with Crippen LogP contribution in [0, 0.1) is 13.8 Å². The van der Waals surface area contributed by atoms with E-state index in [9.17, 15) is 4.79 Å². The number of amides is 1. The third kappa shape index (κ3) is 2.65.